The van der Waals surface area contributed by atoms with Crippen LogP contribution in [0.4, 0.5) is 15.8 Å². The molecule has 0 atom stereocenters. The zero-order valence-electron chi connectivity index (χ0n) is 12.3. The van der Waals surface area contributed by atoms with Gasteiger partial charge in [0.15, 0.2) is 0 Å². The second-order valence-corrected chi connectivity index (χ2v) is 5.98. The zero-order valence-corrected chi connectivity index (χ0v) is 13.8. The number of hydrogen-bond acceptors (Lipinski definition) is 3. The second-order valence-electron chi connectivity index (χ2n) is 5.17. The lowest BCUT2D eigenvalue weighted by atomic mass is 10.2. The van der Waals surface area contributed by atoms with Crippen LogP contribution in [0.25, 0.3) is 0 Å². The average molecular weight is 353 g/mol. The van der Waals surface area contributed by atoms with E-state index in [4.69, 9.17) is 27.9 Å². The first-order chi connectivity index (χ1) is 11.1. The van der Waals surface area contributed by atoms with Gasteiger partial charge in [-0.3, -0.25) is 4.99 Å². The molecular formula is C17H15Cl2FN2O. The third-order valence-electron chi connectivity index (χ3n) is 3.59. The third kappa shape index (κ3) is 4.02. The standard InChI is InChI=1S/C17H15Cl2FN2O/c18-14-3-2-13(10-15(14)19)21-11-12-1-4-17(16(20)9-12)22-5-7-23-8-6-22/h1-4,9-11H,5-8H2. The topological polar surface area (TPSA) is 24.8 Å². The number of rotatable bonds is 3. The second kappa shape index (κ2) is 7.30. The minimum Gasteiger partial charge on any atom is -0.378 e. The number of benzene rings is 2. The molecule has 2 aromatic carbocycles. The molecular weight excluding hydrogens is 338 g/mol. The Bertz CT molecular complexity index is 731. The molecule has 2 aromatic rings. The Labute approximate surface area is 144 Å². The van der Waals surface area contributed by atoms with Crippen molar-refractivity contribution in [3.05, 3.63) is 57.8 Å². The van der Waals surface area contributed by atoms with Gasteiger partial charge in [-0.05, 0) is 35.9 Å². The quantitative estimate of drug-likeness (QED) is 0.746. The number of halogens is 3. The summed E-state index contributed by atoms with van der Waals surface area (Å²) in [5.74, 6) is -0.259. The van der Waals surface area contributed by atoms with Gasteiger partial charge in [0.25, 0.3) is 0 Å². The van der Waals surface area contributed by atoms with E-state index in [0.717, 1.165) is 0 Å². The van der Waals surface area contributed by atoms with Gasteiger partial charge in [0.1, 0.15) is 5.82 Å². The van der Waals surface area contributed by atoms with Gasteiger partial charge < -0.3 is 9.64 Å². The van der Waals surface area contributed by atoms with Crippen LogP contribution >= 0.6 is 23.2 Å². The molecule has 0 saturated carbocycles. The van der Waals surface area contributed by atoms with Gasteiger partial charge in [-0.2, -0.15) is 0 Å². The smallest absolute Gasteiger partial charge is 0.147 e. The predicted molar refractivity (Wildman–Crippen MR) is 93.1 cm³/mol. The molecule has 0 amide bonds. The fourth-order valence-corrected chi connectivity index (χ4v) is 2.67. The van der Waals surface area contributed by atoms with Crippen LogP contribution in [0, 0.1) is 5.82 Å². The molecule has 23 heavy (non-hydrogen) atoms. The van der Waals surface area contributed by atoms with Crippen molar-refractivity contribution in [3.8, 4) is 0 Å². The highest BCUT2D eigenvalue weighted by atomic mass is 35.5. The molecule has 6 heteroatoms. The largest absolute Gasteiger partial charge is 0.378 e. The Balaban J connectivity index is 1.76. The van der Waals surface area contributed by atoms with Crippen molar-refractivity contribution in [2.75, 3.05) is 31.2 Å². The Kier molecular flexibility index (Phi) is 5.16. The molecule has 1 fully saturated rings. The molecule has 0 N–H and O–H groups in total. The first-order valence-corrected chi connectivity index (χ1v) is 8.00. The number of hydrogen-bond donors (Lipinski definition) is 0. The van der Waals surface area contributed by atoms with Crippen LogP contribution in [0.2, 0.25) is 10.0 Å². The van der Waals surface area contributed by atoms with Crippen molar-refractivity contribution in [2.24, 2.45) is 4.99 Å². The summed E-state index contributed by atoms with van der Waals surface area (Å²) in [5, 5.41) is 0.918. The first-order valence-electron chi connectivity index (χ1n) is 7.25. The Morgan fingerprint density at radius 3 is 2.52 bits per heavy atom. The summed E-state index contributed by atoms with van der Waals surface area (Å²) in [4.78, 5) is 6.28. The van der Waals surface area contributed by atoms with Gasteiger partial charge in [-0.25, -0.2) is 4.39 Å². The van der Waals surface area contributed by atoms with E-state index < -0.39 is 0 Å². The number of aliphatic imine (C=N–C) groups is 1. The van der Waals surface area contributed by atoms with Crippen LogP contribution in [0.5, 0.6) is 0 Å². The summed E-state index contributed by atoms with van der Waals surface area (Å²) in [6, 6.07) is 10.2. The maximum absolute atomic E-state index is 14.3. The van der Waals surface area contributed by atoms with E-state index in [-0.39, 0.29) is 5.82 Å². The third-order valence-corrected chi connectivity index (χ3v) is 4.33. The summed E-state index contributed by atoms with van der Waals surface area (Å²) in [6.07, 6.45) is 1.60. The fourth-order valence-electron chi connectivity index (χ4n) is 2.38. The lowest BCUT2D eigenvalue weighted by Crippen LogP contribution is -2.36. The molecule has 0 aromatic heterocycles. The molecule has 3 nitrogen and oxygen atoms in total. The van der Waals surface area contributed by atoms with E-state index in [9.17, 15) is 4.39 Å². The number of ether oxygens (including phenoxy) is 1. The molecule has 1 aliphatic heterocycles. The van der Waals surface area contributed by atoms with E-state index >= 15 is 0 Å². The molecule has 0 spiro atoms. The van der Waals surface area contributed by atoms with Gasteiger partial charge in [-0.15, -0.1) is 0 Å². The van der Waals surface area contributed by atoms with Crippen LogP contribution in [0.15, 0.2) is 41.4 Å². The minimum atomic E-state index is -0.259. The molecule has 3 rings (SSSR count). The summed E-state index contributed by atoms with van der Waals surface area (Å²) in [6.45, 7) is 2.65. The molecule has 0 radical (unpaired) electrons. The highest BCUT2D eigenvalue weighted by Gasteiger charge is 2.14. The zero-order chi connectivity index (χ0) is 16.2. The van der Waals surface area contributed by atoms with Crippen molar-refractivity contribution in [3.63, 3.8) is 0 Å². The summed E-state index contributed by atoms with van der Waals surface area (Å²) in [7, 11) is 0. The van der Waals surface area contributed by atoms with E-state index in [1.165, 1.54) is 6.07 Å². The lowest BCUT2D eigenvalue weighted by Gasteiger charge is -2.29. The molecule has 0 bridgehead atoms. The molecule has 120 valence electrons. The van der Waals surface area contributed by atoms with E-state index in [2.05, 4.69) is 4.99 Å². The minimum absolute atomic E-state index is 0.259. The van der Waals surface area contributed by atoms with Crippen LogP contribution in [0.1, 0.15) is 5.56 Å². The molecule has 0 unspecified atom stereocenters. The van der Waals surface area contributed by atoms with Crippen molar-refractivity contribution >= 4 is 40.8 Å². The van der Waals surface area contributed by atoms with Gasteiger partial charge in [0.2, 0.25) is 0 Å². The summed E-state index contributed by atoms with van der Waals surface area (Å²) >= 11 is 11.8. The number of nitrogens with zero attached hydrogens (tertiary/aromatic N) is 2. The first kappa shape index (κ1) is 16.2. The fraction of sp³-hybridized carbons (Fsp3) is 0.235. The summed E-state index contributed by atoms with van der Waals surface area (Å²) in [5.41, 5.74) is 1.95. The SMILES string of the molecule is Fc1cc(C=Nc2ccc(Cl)c(Cl)c2)ccc1N1CCOCC1. The van der Waals surface area contributed by atoms with E-state index in [1.54, 1.807) is 30.5 Å². The van der Waals surface area contributed by atoms with Crippen molar-refractivity contribution in [1.82, 2.24) is 0 Å². The van der Waals surface area contributed by atoms with Gasteiger partial charge in [0, 0.05) is 19.3 Å². The maximum atomic E-state index is 14.3. The van der Waals surface area contributed by atoms with Gasteiger partial charge in [0.05, 0.1) is 34.6 Å². The van der Waals surface area contributed by atoms with Crippen molar-refractivity contribution in [1.29, 1.82) is 0 Å². The maximum Gasteiger partial charge on any atom is 0.147 e. The van der Waals surface area contributed by atoms with Crippen LogP contribution in [-0.2, 0) is 4.74 Å². The monoisotopic (exact) mass is 352 g/mol. The lowest BCUT2D eigenvalue weighted by molar-refractivity contribution is 0.122. The highest BCUT2D eigenvalue weighted by molar-refractivity contribution is 6.42. The Morgan fingerprint density at radius 1 is 1.04 bits per heavy atom. The van der Waals surface area contributed by atoms with Crippen LogP contribution < -0.4 is 4.90 Å². The molecule has 1 saturated heterocycles. The van der Waals surface area contributed by atoms with E-state index in [1.807, 2.05) is 11.0 Å². The van der Waals surface area contributed by atoms with Crippen molar-refractivity contribution in [2.45, 2.75) is 0 Å². The molecule has 1 heterocycles. The normalized spacial score (nSPS) is 15.3. The van der Waals surface area contributed by atoms with Gasteiger partial charge in [-0.1, -0.05) is 29.3 Å². The van der Waals surface area contributed by atoms with Gasteiger partial charge >= 0.3 is 0 Å². The average Bonchev–Trinajstić information content (AvgIpc) is 2.57. The van der Waals surface area contributed by atoms with Crippen molar-refractivity contribution < 1.29 is 9.13 Å². The predicted octanol–water partition coefficient (Wildman–Crippen LogP) is 4.72. The molecule has 1 aliphatic rings. The van der Waals surface area contributed by atoms with Crippen LogP contribution in [-0.4, -0.2) is 32.5 Å². The Hall–Kier alpha value is -1.62. The van der Waals surface area contributed by atoms with Crippen LogP contribution in [0.3, 0.4) is 0 Å². The Morgan fingerprint density at radius 2 is 1.83 bits per heavy atom. The number of anilines is 1. The van der Waals surface area contributed by atoms with E-state index in [0.29, 0.717) is 53.3 Å². The molecule has 0 aliphatic carbocycles. The number of morpholine rings is 1. The highest BCUT2D eigenvalue weighted by Crippen LogP contribution is 2.27. The summed E-state index contributed by atoms with van der Waals surface area (Å²) < 4.78 is 19.6.